The van der Waals surface area contributed by atoms with Gasteiger partial charge < -0.3 is 24.4 Å². The number of nitrogens with zero attached hydrogens (tertiary/aromatic N) is 1. The lowest BCUT2D eigenvalue weighted by Gasteiger charge is -2.32. The van der Waals surface area contributed by atoms with Gasteiger partial charge in [-0.05, 0) is 49.2 Å². The summed E-state index contributed by atoms with van der Waals surface area (Å²) < 4.78 is 17.0. The van der Waals surface area contributed by atoms with Gasteiger partial charge in [-0.2, -0.15) is 0 Å². The Hall–Kier alpha value is -2.73. The van der Waals surface area contributed by atoms with Crippen LogP contribution in [-0.2, 0) is 11.3 Å². The van der Waals surface area contributed by atoms with Gasteiger partial charge in [-0.25, -0.2) is 0 Å². The number of rotatable bonds is 8. The Labute approximate surface area is 171 Å². The number of hydrogen-bond donors (Lipinski definition) is 1. The summed E-state index contributed by atoms with van der Waals surface area (Å²) in [5.74, 6) is 2.61. The zero-order valence-corrected chi connectivity index (χ0v) is 16.8. The van der Waals surface area contributed by atoms with Gasteiger partial charge in [0, 0.05) is 19.0 Å². The van der Waals surface area contributed by atoms with Crippen molar-refractivity contribution in [2.24, 2.45) is 0 Å². The molecule has 2 aromatic carbocycles. The van der Waals surface area contributed by atoms with Gasteiger partial charge in [0.25, 0.3) is 0 Å². The highest BCUT2D eigenvalue weighted by molar-refractivity contribution is 5.78. The SMILES string of the molecule is COc1ccc(CNCCC2CCC(=O)N2CC2COc3ccccc3O2)cc1. The molecule has 0 bridgehead atoms. The van der Waals surface area contributed by atoms with Crippen molar-refractivity contribution in [3.05, 3.63) is 54.1 Å². The molecule has 1 N–H and O–H groups in total. The largest absolute Gasteiger partial charge is 0.497 e. The fourth-order valence-electron chi connectivity index (χ4n) is 3.96. The van der Waals surface area contributed by atoms with Crippen LogP contribution in [0.2, 0.25) is 0 Å². The highest BCUT2D eigenvalue weighted by Crippen LogP contribution is 2.32. The summed E-state index contributed by atoms with van der Waals surface area (Å²) in [7, 11) is 1.67. The first kappa shape index (κ1) is 19.6. The second-order valence-electron chi connectivity index (χ2n) is 7.55. The van der Waals surface area contributed by atoms with E-state index in [-0.39, 0.29) is 18.1 Å². The van der Waals surface area contributed by atoms with E-state index in [0.717, 1.165) is 43.2 Å². The molecule has 0 saturated carbocycles. The third-order valence-corrected chi connectivity index (χ3v) is 5.56. The molecule has 2 unspecified atom stereocenters. The molecule has 29 heavy (non-hydrogen) atoms. The summed E-state index contributed by atoms with van der Waals surface area (Å²) in [5, 5.41) is 3.48. The van der Waals surface area contributed by atoms with E-state index in [1.165, 1.54) is 5.56 Å². The van der Waals surface area contributed by atoms with E-state index < -0.39 is 0 Å². The zero-order valence-electron chi connectivity index (χ0n) is 16.8. The molecule has 154 valence electrons. The number of likely N-dealkylation sites (tertiary alicyclic amines) is 1. The van der Waals surface area contributed by atoms with E-state index in [2.05, 4.69) is 17.4 Å². The summed E-state index contributed by atoms with van der Waals surface area (Å²) in [6.07, 6.45) is 2.34. The van der Waals surface area contributed by atoms with Crippen molar-refractivity contribution in [1.29, 1.82) is 0 Å². The second kappa shape index (κ2) is 9.18. The first-order valence-electron chi connectivity index (χ1n) is 10.2. The van der Waals surface area contributed by atoms with Gasteiger partial charge in [-0.1, -0.05) is 24.3 Å². The number of fused-ring (bicyclic) bond motifs is 1. The minimum atomic E-state index is -0.123. The Balaban J connectivity index is 1.25. The zero-order chi connectivity index (χ0) is 20.1. The fourth-order valence-corrected chi connectivity index (χ4v) is 3.96. The van der Waals surface area contributed by atoms with Crippen molar-refractivity contribution in [3.63, 3.8) is 0 Å². The van der Waals surface area contributed by atoms with Crippen LogP contribution in [0.25, 0.3) is 0 Å². The first-order chi connectivity index (χ1) is 14.2. The van der Waals surface area contributed by atoms with Crippen LogP contribution in [0, 0.1) is 0 Å². The average molecular weight is 396 g/mol. The van der Waals surface area contributed by atoms with Crippen LogP contribution >= 0.6 is 0 Å². The van der Waals surface area contributed by atoms with Crippen molar-refractivity contribution in [3.8, 4) is 17.2 Å². The number of nitrogens with one attached hydrogen (secondary N) is 1. The monoisotopic (exact) mass is 396 g/mol. The van der Waals surface area contributed by atoms with Gasteiger partial charge in [0.05, 0.1) is 13.7 Å². The number of para-hydroxylation sites is 2. The van der Waals surface area contributed by atoms with E-state index in [0.29, 0.717) is 19.6 Å². The lowest BCUT2D eigenvalue weighted by molar-refractivity contribution is -0.130. The highest BCUT2D eigenvalue weighted by atomic mass is 16.6. The number of amides is 1. The first-order valence-corrected chi connectivity index (χ1v) is 10.2. The third kappa shape index (κ3) is 4.82. The molecule has 2 heterocycles. The summed E-state index contributed by atoms with van der Waals surface area (Å²) in [4.78, 5) is 14.4. The van der Waals surface area contributed by atoms with Crippen molar-refractivity contribution < 1.29 is 19.0 Å². The Morgan fingerprint density at radius 3 is 2.72 bits per heavy atom. The highest BCUT2D eigenvalue weighted by Gasteiger charge is 2.34. The molecule has 2 aliphatic heterocycles. The lowest BCUT2D eigenvalue weighted by Crippen LogP contribution is -2.45. The molecule has 2 atom stereocenters. The van der Waals surface area contributed by atoms with Crippen LogP contribution in [0.3, 0.4) is 0 Å². The van der Waals surface area contributed by atoms with Crippen molar-refractivity contribution >= 4 is 5.91 Å². The molecule has 6 heteroatoms. The van der Waals surface area contributed by atoms with Gasteiger partial charge in [0.2, 0.25) is 5.91 Å². The van der Waals surface area contributed by atoms with Crippen LogP contribution in [-0.4, -0.2) is 49.8 Å². The summed E-state index contributed by atoms with van der Waals surface area (Å²) in [6.45, 7) is 2.73. The quantitative estimate of drug-likeness (QED) is 0.695. The molecule has 0 aliphatic carbocycles. The molecule has 2 aromatic rings. The Morgan fingerprint density at radius 1 is 1.14 bits per heavy atom. The summed E-state index contributed by atoms with van der Waals surface area (Å²) in [5.41, 5.74) is 1.22. The van der Waals surface area contributed by atoms with Gasteiger partial charge in [0.15, 0.2) is 17.6 Å². The minimum Gasteiger partial charge on any atom is -0.497 e. The van der Waals surface area contributed by atoms with Gasteiger partial charge in [-0.3, -0.25) is 4.79 Å². The lowest BCUT2D eigenvalue weighted by atomic mass is 10.1. The van der Waals surface area contributed by atoms with Gasteiger partial charge in [0.1, 0.15) is 12.4 Å². The maximum atomic E-state index is 12.4. The van der Waals surface area contributed by atoms with Crippen LogP contribution in [0.15, 0.2) is 48.5 Å². The number of benzene rings is 2. The Morgan fingerprint density at radius 2 is 1.93 bits per heavy atom. The summed E-state index contributed by atoms with van der Waals surface area (Å²) >= 11 is 0. The van der Waals surface area contributed by atoms with Crippen LogP contribution < -0.4 is 19.5 Å². The number of carbonyl (C=O) groups excluding carboxylic acids is 1. The van der Waals surface area contributed by atoms with Crippen molar-refractivity contribution in [2.75, 3.05) is 26.8 Å². The maximum Gasteiger partial charge on any atom is 0.223 e. The molecule has 0 radical (unpaired) electrons. The normalized spacial score (nSPS) is 20.7. The van der Waals surface area contributed by atoms with Crippen molar-refractivity contribution in [2.45, 2.75) is 38.0 Å². The van der Waals surface area contributed by atoms with Gasteiger partial charge in [-0.15, -0.1) is 0 Å². The topological polar surface area (TPSA) is 60.0 Å². The van der Waals surface area contributed by atoms with Crippen LogP contribution in [0.4, 0.5) is 0 Å². The molecule has 0 spiro atoms. The van der Waals surface area contributed by atoms with E-state index in [4.69, 9.17) is 14.2 Å². The number of ether oxygens (including phenoxy) is 3. The maximum absolute atomic E-state index is 12.4. The third-order valence-electron chi connectivity index (χ3n) is 5.56. The molecule has 2 aliphatic rings. The molecule has 1 amide bonds. The van der Waals surface area contributed by atoms with Crippen LogP contribution in [0.5, 0.6) is 17.2 Å². The summed E-state index contributed by atoms with van der Waals surface area (Å²) in [6, 6.07) is 16.0. The molecule has 1 fully saturated rings. The van der Waals surface area contributed by atoms with Crippen LogP contribution in [0.1, 0.15) is 24.8 Å². The molecular weight excluding hydrogens is 368 g/mol. The molecular formula is C23H28N2O4. The minimum absolute atomic E-state index is 0.123. The second-order valence-corrected chi connectivity index (χ2v) is 7.55. The number of carbonyl (C=O) groups is 1. The Kier molecular flexibility index (Phi) is 6.20. The molecule has 4 rings (SSSR count). The molecule has 6 nitrogen and oxygen atoms in total. The van der Waals surface area contributed by atoms with E-state index in [9.17, 15) is 4.79 Å². The predicted molar refractivity (Wildman–Crippen MR) is 110 cm³/mol. The fraction of sp³-hybridized carbons (Fsp3) is 0.435. The number of methoxy groups -OCH3 is 1. The van der Waals surface area contributed by atoms with E-state index in [1.54, 1.807) is 7.11 Å². The standard InChI is InChI=1S/C23H28N2O4/c1-27-19-9-6-17(7-10-19)14-24-13-12-18-8-11-23(26)25(18)15-20-16-28-21-4-2-3-5-22(21)29-20/h2-7,9-10,18,20,24H,8,11-16H2,1H3. The van der Waals surface area contributed by atoms with Gasteiger partial charge >= 0.3 is 0 Å². The Bertz CT molecular complexity index is 824. The molecule has 0 aromatic heterocycles. The molecule has 1 saturated heterocycles. The average Bonchev–Trinajstić information content (AvgIpc) is 3.11. The van der Waals surface area contributed by atoms with Crippen molar-refractivity contribution in [1.82, 2.24) is 10.2 Å². The van der Waals surface area contributed by atoms with E-state index in [1.807, 2.05) is 41.3 Å². The predicted octanol–water partition coefficient (Wildman–Crippen LogP) is 3.01. The smallest absolute Gasteiger partial charge is 0.223 e. The number of hydrogen-bond acceptors (Lipinski definition) is 5. The van der Waals surface area contributed by atoms with E-state index >= 15 is 0 Å².